The molecule has 0 aliphatic carbocycles. The van der Waals surface area contributed by atoms with Gasteiger partial charge in [0.15, 0.2) is 23.0 Å². The molecule has 32 heavy (non-hydrogen) atoms. The van der Waals surface area contributed by atoms with E-state index in [1.807, 2.05) is 72.8 Å². The second-order valence-corrected chi connectivity index (χ2v) is 7.15. The summed E-state index contributed by atoms with van der Waals surface area (Å²) in [6, 6.07) is 26.0. The van der Waals surface area contributed by atoms with E-state index in [2.05, 4.69) is 20.0 Å². The Morgan fingerprint density at radius 1 is 0.469 bits per heavy atom. The van der Waals surface area contributed by atoms with Crippen LogP contribution < -0.4 is 30.9 Å². The second kappa shape index (κ2) is 7.24. The lowest BCUT2D eigenvalue weighted by molar-refractivity contribution is 0.256. The van der Waals surface area contributed by atoms with Crippen molar-refractivity contribution in [1.29, 1.82) is 0 Å². The molecule has 7 rings (SSSR count). The van der Waals surface area contributed by atoms with E-state index in [4.69, 9.17) is 9.47 Å². The van der Waals surface area contributed by atoms with Crippen LogP contribution in [0.3, 0.4) is 0 Å². The third-order valence-electron chi connectivity index (χ3n) is 5.01. The minimum Gasteiger partial charge on any atom is -0.453 e. The molecule has 4 aromatic carbocycles. The van der Waals surface area contributed by atoms with Gasteiger partial charge in [-0.05, 0) is 36.4 Å². The van der Waals surface area contributed by atoms with Gasteiger partial charge in [-0.3, -0.25) is 0 Å². The lowest BCUT2D eigenvalue weighted by atomic mass is 10.2. The molecule has 0 fully saturated rings. The fraction of sp³-hybridized carbons (Fsp3) is 0. The Morgan fingerprint density at radius 3 is 1.41 bits per heavy atom. The van der Waals surface area contributed by atoms with Crippen LogP contribution in [0.5, 0.6) is 23.0 Å². The van der Waals surface area contributed by atoms with Crippen molar-refractivity contribution in [2.75, 3.05) is 0 Å². The average molecular weight is 418 g/mol. The van der Waals surface area contributed by atoms with E-state index < -0.39 is 6.03 Å². The first kappa shape index (κ1) is 18.1. The summed E-state index contributed by atoms with van der Waals surface area (Å²) < 4.78 is 11.8. The summed E-state index contributed by atoms with van der Waals surface area (Å²) in [7, 11) is 0. The largest absolute Gasteiger partial charge is 0.453 e. The Morgan fingerprint density at radius 2 is 0.906 bits per heavy atom. The number of para-hydroxylation sites is 6. The first-order valence-corrected chi connectivity index (χ1v) is 9.95. The van der Waals surface area contributed by atoms with Gasteiger partial charge in [-0.2, -0.15) is 9.98 Å². The molecule has 0 bridgehead atoms. The standard InChI is InChI=1S/C18H10N2O2.C7H4N2O/c1-3-7-15-11(5-1)19-13-9-18-14(10-17(13)21-15)20-12-6-2-4-8-16(12)22-18;10-7-8-5-3-1-2-4-6(5)9-7/h1-10H;1-4H. The van der Waals surface area contributed by atoms with Crippen molar-refractivity contribution < 1.29 is 14.3 Å². The molecule has 152 valence electrons. The first-order chi connectivity index (χ1) is 15.7. The van der Waals surface area contributed by atoms with Crippen LogP contribution in [0.4, 0.5) is 16.2 Å². The molecular formula is C25H14N4O3. The molecular weight excluding hydrogens is 404 g/mol. The number of carbonyl (C=O) groups excluding carboxylic acids is 1. The molecule has 7 heteroatoms. The fourth-order valence-corrected chi connectivity index (χ4v) is 3.53. The Hall–Kier alpha value is -4.65. The van der Waals surface area contributed by atoms with E-state index in [0.29, 0.717) is 22.2 Å². The van der Waals surface area contributed by atoms with E-state index in [1.165, 1.54) is 0 Å². The van der Waals surface area contributed by atoms with Gasteiger partial charge in [-0.15, -0.1) is 0 Å². The molecule has 0 unspecified atom stereocenters. The summed E-state index contributed by atoms with van der Waals surface area (Å²) in [5, 5.41) is 2.86. The van der Waals surface area contributed by atoms with Crippen molar-refractivity contribution >= 4 is 17.4 Å². The van der Waals surface area contributed by atoms with Crippen LogP contribution in [0.15, 0.2) is 105 Å². The number of ether oxygens (including phenoxy) is 2. The molecule has 7 nitrogen and oxygen atoms in total. The number of carbonyl (C=O) groups is 1. The molecule has 0 aromatic heterocycles. The minimum atomic E-state index is -0.402. The maximum Gasteiger partial charge on any atom is 0.368 e. The second-order valence-electron chi connectivity index (χ2n) is 7.15. The topological polar surface area (TPSA) is 85.0 Å². The number of nitrogens with zero attached hydrogens (tertiary/aromatic N) is 4. The maximum atomic E-state index is 10.6. The van der Waals surface area contributed by atoms with Gasteiger partial charge in [0.25, 0.3) is 0 Å². The van der Waals surface area contributed by atoms with Crippen LogP contribution in [0, 0.1) is 0 Å². The molecule has 0 N–H and O–H groups in total. The van der Waals surface area contributed by atoms with Gasteiger partial charge in [0.2, 0.25) is 0 Å². The molecule has 3 heterocycles. The van der Waals surface area contributed by atoms with Crippen molar-refractivity contribution in [2.45, 2.75) is 0 Å². The Balaban J connectivity index is 0.000000164. The normalized spacial score (nSPS) is 13.3. The van der Waals surface area contributed by atoms with Crippen LogP contribution in [-0.4, -0.2) is 6.03 Å². The zero-order chi connectivity index (χ0) is 21.5. The third-order valence-corrected chi connectivity index (χ3v) is 5.01. The van der Waals surface area contributed by atoms with Crippen LogP contribution in [0.2, 0.25) is 0 Å². The van der Waals surface area contributed by atoms with Crippen LogP contribution in [0.25, 0.3) is 0 Å². The van der Waals surface area contributed by atoms with Gasteiger partial charge in [0.1, 0.15) is 22.1 Å². The van der Waals surface area contributed by atoms with Gasteiger partial charge in [0, 0.05) is 12.1 Å². The van der Waals surface area contributed by atoms with E-state index >= 15 is 0 Å². The lowest BCUT2D eigenvalue weighted by Gasteiger charge is -2.17. The van der Waals surface area contributed by atoms with Gasteiger partial charge < -0.3 is 9.47 Å². The molecule has 0 saturated carbocycles. The highest BCUT2D eigenvalue weighted by molar-refractivity contribution is 5.77. The van der Waals surface area contributed by atoms with Crippen LogP contribution in [0.1, 0.15) is 0 Å². The maximum absolute atomic E-state index is 10.6. The Kier molecular flexibility index (Phi) is 4.11. The van der Waals surface area contributed by atoms with Crippen LogP contribution in [-0.2, 0) is 0 Å². The Labute approximate surface area is 181 Å². The van der Waals surface area contributed by atoms with Gasteiger partial charge in [-0.1, -0.05) is 36.4 Å². The lowest BCUT2D eigenvalue weighted by Crippen LogP contribution is -2.19. The summed E-state index contributed by atoms with van der Waals surface area (Å²) in [5.41, 5.74) is 1.64. The smallest absolute Gasteiger partial charge is 0.368 e. The molecule has 0 spiro atoms. The van der Waals surface area contributed by atoms with Crippen molar-refractivity contribution in [2.24, 2.45) is 20.0 Å². The van der Waals surface area contributed by atoms with E-state index in [0.717, 1.165) is 33.6 Å². The summed E-state index contributed by atoms with van der Waals surface area (Å²) in [6.07, 6.45) is 0. The molecule has 3 aliphatic heterocycles. The number of amides is 2. The Bertz CT molecular complexity index is 1540. The number of hydrogen-bond donors (Lipinski definition) is 0. The predicted molar refractivity (Wildman–Crippen MR) is 115 cm³/mol. The summed E-state index contributed by atoms with van der Waals surface area (Å²) in [4.78, 5) is 27.1. The van der Waals surface area contributed by atoms with Gasteiger partial charge in [-0.25, -0.2) is 14.8 Å². The summed E-state index contributed by atoms with van der Waals surface area (Å²) in [6.45, 7) is 0. The first-order valence-electron chi connectivity index (χ1n) is 9.95. The molecule has 0 atom stereocenters. The van der Waals surface area contributed by atoms with Crippen molar-refractivity contribution in [1.82, 2.24) is 0 Å². The molecule has 0 saturated heterocycles. The molecule has 0 radical (unpaired) electrons. The van der Waals surface area contributed by atoms with Crippen LogP contribution >= 0.6 is 0 Å². The summed E-state index contributed by atoms with van der Waals surface area (Å²) >= 11 is 0. The minimum absolute atomic E-state index is 0.402. The fourth-order valence-electron chi connectivity index (χ4n) is 3.53. The van der Waals surface area contributed by atoms with Crippen molar-refractivity contribution in [3.8, 4) is 23.0 Å². The zero-order valence-corrected chi connectivity index (χ0v) is 16.6. The monoisotopic (exact) mass is 418 g/mol. The number of hydrogen-bond acceptors (Lipinski definition) is 5. The predicted octanol–water partition coefficient (Wildman–Crippen LogP) is 3.86. The van der Waals surface area contributed by atoms with Gasteiger partial charge >= 0.3 is 6.03 Å². The van der Waals surface area contributed by atoms with E-state index in [9.17, 15) is 4.79 Å². The van der Waals surface area contributed by atoms with E-state index in [-0.39, 0.29) is 0 Å². The summed E-state index contributed by atoms with van der Waals surface area (Å²) in [5.74, 6) is 2.91. The highest BCUT2D eigenvalue weighted by Crippen LogP contribution is 2.36. The zero-order valence-electron chi connectivity index (χ0n) is 16.6. The highest BCUT2D eigenvalue weighted by Gasteiger charge is 2.17. The third kappa shape index (κ3) is 3.22. The van der Waals surface area contributed by atoms with Gasteiger partial charge in [0.05, 0.1) is 10.7 Å². The number of rotatable bonds is 0. The molecule has 4 aromatic rings. The number of urea groups is 1. The average Bonchev–Trinajstić information content (AvgIpc) is 3.20. The number of fused-ring (bicyclic) bond motifs is 5. The molecule has 3 aliphatic rings. The highest BCUT2D eigenvalue weighted by atomic mass is 16.5. The van der Waals surface area contributed by atoms with Crippen molar-refractivity contribution in [3.05, 3.63) is 106 Å². The molecule has 2 amide bonds. The SMILES string of the molecule is O=C1N=c2ccccc2=N1.c1ccc2c(c1)N=c1cc3c(cc1O2)=Nc1ccccc1O3. The quantitative estimate of drug-likeness (QED) is 0.375. The number of benzene rings is 4. The van der Waals surface area contributed by atoms with E-state index in [1.54, 1.807) is 12.1 Å². The van der Waals surface area contributed by atoms with Crippen molar-refractivity contribution in [3.63, 3.8) is 0 Å².